The summed E-state index contributed by atoms with van der Waals surface area (Å²) in [6.45, 7) is 0.387. The minimum Gasteiger partial charge on any atom is -0.487 e. The van der Waals surface area contributed by atoms with Crippen LogP contribution in [-0.2, 0) is 19.0 Å². The van der Waals surface area contributed by atoms with Gasteiger partial charge in [-0.15, -0.1) is 0 Å². The van der Waals surface area contributed by atoms with Crippen LogP contribution in [0.5, 0.6) is 0 Å². The number of esters is 1. The molecule has 0 aromatic carbocycles. The molecular formula is C11H18O8. The van der Waals surface area contributed by atoms with Crippen LogP contribution in [0.1, 0.15) is 6.92 Å². The van der Waals surface area contributed by atoms with Gasteiger partial charge in [-0.25, -0.2) is 4.79 Å². The van der Waals surface area contributed by atoms with E-state index in [1.807, 2.05) is 0 Å². The van der Waals surface area contributed by atoms with Crippen molar-refractivity contribution in [2.24, 2.45) is 0 Å². The van der Waals surface area contributed by atoms with Crippen LogP contribution in [0.25, 0.3) is 0 Å². The van der Waals surface area contributed by atoms with Crippen molar-refractivity contribution >= 4 is 5.97 Å². The van der Waals surface area contributed by atoms with Gasteiger partial charge in [-0.3, -0.25) is 0 Å². The summed E-state index contributed by atoms with van der Waals surface area (Å²) in [6, 6.07) is 0. The lowest BCUT2D eigenvalue weighted by Gasteiger charge is -2.19. The molecule has 1 aliphatic heterocycles. The highest BCUT2D eigenvalue weighted by molar-refractivity contribution is 5.89. The number of carbonyl (C=O) groups excluding carboxylic acids is 1. The van der Waals surface area contributed by atoms with E-state index in [1.165, 1.54) is 0 Å². The third-order valence-corrected chi connectivity index (χ3v) is 2.37. The lowest BCUT2D eigenvalue weighted by Crippen LogP contribution is -2.33. The molecule has 0 aromatic heterocycles. The molecule has 0 aliphatic carbocycles. The Hall–Kier alpha value is -1.35. The molecule has 0 fully saturated rings. The number of aliphatic hydroxyl groups is 4. The molecule has 4 N–H and O–H groups in total. The molecule has 3 unspecified atom stereocenters. The van der Waals surface area contributed by atoms with Gasteiger partial charge in [0.2, 0.25) is 5.76 Å². The van der Waals surface area contributed by atoms with Crippen molar-refractivity contribution in [2.45, 2.75) is 25.2 Å². The highest BCUT2D eigenvalue weighted by Gasteiger charge is 2.41. The molecule has 0 bridgehead atoms. The topological polar surface area (TPSA) is 126 Å². The molecule has 1 rings (SSSR count). The van der Waals surface area contributed by atoms with E-state index in [-0.39, 0.29) is 24.7 Å². The minimum atomic E-state index is -1.36. The van der Waals surface area contributed by atoms with E-state index < -0.39 is 37.5 Å². The summed E-state index contributed by atoms with van der Waals surface area (Å²) in [4.78, 5) is 11.5. The standard InChI is InChI=1S/C11H18O8/c1-2-17-10-9(18-5-6(14)3-12)8(7(15)4-13)19-11(10)16/h6-8,12-15H,2-5H2,1H3. The smallest absolute Gasteiger partial charge is 0.378 e. The molecule has 0 radical (unpaired) electrons. The van der Waals surface area contributed by atoms with Crippen LogP contribution in [0.4, 0.5) is 0 Å². The van der Waals surface area contributed by atoms with Crippen LogP contribution < -0.4 is 0 Å². The maximum Gasteiger partial charge on any atom is 0.378 e. The lowest BCUT2D eigenvalue weighted by atomic mass is 10.2. The van der Waals surface area contributed by atoms with Crippen molar-refractivity contribution in [1.82, 2.24) is 0 Å². The van der Waals surface area contributed by atoms with Crippen molar-refractivity contribution in [3.05, 3.63) is 11.5 Å². The minimum absolute atomic E-state index is 0.0964. The van der Waals surface area contributed by atoms with Crippen LogP contribution >= 0.6 is 0 Å². The van der Waals surface area contributed by atoms with Gasteiger partial charge in [-0.1, -0.05) is 0 Å². The molecular weight excluding hydrogens is 260 g/mol. The molecule has 0 spiro atoms. The Morgan fingerprint density at radius 1 is 1.26 bits per heavy atom. The second kappa shape index (κ2) is 7.29. The Morgan fingerprint density at radius 3 is 2.47 bits per heavy atom. The second-order valence-electron chi connectivity index (χ2n) is 3.85. The van der Waals surface area contributed by atoms with E-state index >= 15 is 0 Å². The molecule has 8 heteroatoms. The molecule has 0 amide bonds. The largest absolute Gasteiger partial charge is 0.487 e. The number of rotatable bonds is 8. The number of aliphatic hydroxyl groups excluding tert-OH is 4. The predicted octanol–water partition coefficient (Wildman–Crippen LogP) is -2.12. The van der Waals surface area contributed by atoms with Gasteiger partial charge in [0.1, 0.15) is 18.8 Å². The number of hydrogen-bond acceptors (Lipinski definition) is 8. The Balaban J connectivity index is 2.87. The predicted molar refractivity (Wildman–Crippen MR) is 60.7 cm³/mol. The first-order valence-electron chi connectivity index (χ1n) is 5.83. The molecule has 3 atom stereocenters. The Labute approximate surface area is 109 Å². The fourth-order valence-electron chi connectivity index (χ4n) is 1.46. The number of hydrogen-bond donors (Lipinski definition) is 4. The highest BCUT2D eigenvalue weighted by atomic mass is 16.6. The summed E-state index contributed by atoms with van der Waals surface area (Å²) >= 11 is 0. The van der Waals surface area contributed by atoms with Crippen molar-refractivity contribution in [1.29, 1.82) is 0 Å². The fourth-order valence-corrected chi connectivity index (χ4v) is 1.46. The summed E-state index contributed by atoms with van der Waals surface area (Å²) in [5.41, 5.74) is 0. The molecule has 0 saturated heterocycles. The summed E-state index contributed by atoms with van der Waals surface area (Å²) in [7, 11) is 0. The van der Waals surface area contributed by atoms with Gasteiger partial charge in [0.15, 0.2) is 11.9 Å². The van der Waals surface area contributed by atoms with Gasteiger partial charge < -0.3 is 34.6 Å². The van der Waals surface area contributed by atoms with E-state index in [1.54, 1.807) is 6.92 Å². The Bertz CT molecular complexity index is 340. The quantitative estimate of drug-likeness (QED) is 0.371. The van der Waals surface area contributed by atoms with Crippen LogP contribution in [0.15, 0.2) is 11.5 Å². The number of cyclic esters (lactones) is 1. The summed E-state index contributed by atoms with van der Waals surface area (Å²) in [5.74, 6) is -1.11. The molecule has 8 nitrogen and oxygen atoms in total. The van der Waals surface area contributed by atoms with E-state index in [0.29, 0.717) is 0 Å². The van der Waals surface area contributed by atoms with Gasteiger partial charge in [0.25, 0.3) is 0 Å². The lowest BCUT2D eigenvalue weighted by molar-refractivity contribution is -0.148. The van der Waals surface area contributed by atoms with Gasteiger partial charge in [0, 0.05) is 0 Å². The summed E-state index contributed by atoms with van der Waals surface area (Å²) in [6.07, 6.45) is -3.69. The summed E-state index contributed by atoms with van der Waals surface area (Å²) < 4.78 is 15.1. The second-order valence-corrected chi connectivity index (χ2v) is 3.85. The van der Waals surface area contributed by atoms with Crippen molar-refractivity contribution in [2.75, 3.05) is 26.4 Å². The highest BCUT2D eigenvalue weighted by Crippen LogP contribution is 2.27. The van der Waals surface area contributed by atoms with Crippen LogP contribution in [0.2, 0.25) is 0 Å². The molecule has 1 aliphatic rings. The van der Waals surface area contributed by atoms with E-state index in [9.17, 15) is 15.0 Å². The van der Waals surface area contributed by atoms with Crippen molar-refractivity contribution < 1.29 is 39.4 Å². The maximum atomic E-state index is 11.5. The normalized spacial score (nSPS) is 22.2. The van der Waals surface area contributed by atoms with Gasteiger partial charge >= 0.3 is 5.97 Å². The first-order chi connectivity index (χ1) is 9.04. The van der Waals surface area contributed by atoms with Gasteiger partial charge in [0.05, 0.1) is 19.8 Å². The Morgan fingerprint density at radius 2 is 1.95 bits per heavy atom. The first-order valence-corrected chi connectivity index (χ1v) is 5.83. The fraction of sp³-hybridized carbons (Fsp3) is 0.727. The molecule has 19 heavy (non-hydrogen) atoms. The van der Waals surface area contributed by atoms with Crippen molar-refractivity contribution in [3.63, 3.8) is 0 Å². The van der Waals surface area contributed by atoms with Gasteiger partial charge in [-0.2, -0.15) is 0 Å². The zero-order valence-electron chi connectivity index (χ0n) is 10.5. The zero-order chi connectivity index (χ0) is 14.4. The average molecular weight is 278 g/mol. The molecule has 1 heterocycles. The van der Waals surface area contributed by atoms with E-state index in [4.69, 9.17) is 24.4 Å². The van der Waals surface area contributed by atoms with Crippen LogP contribution in [0, 0.1) is 0 Å². The molecule has 110 valence electrons. The molecule has 0 aromatic rings. The zero-order valence-corrected chi connectivity index (χ0v) is 10.5. The van der Waals surface area contributed by atoms with Gasteiger partial charge in [-0.05, 0) is 6.92 Å². The average Bonchev–Trinajstić information content (AvgIpc) is 2.72. The van der Waals surface area contributed by atoms with Crippen molar-refractivity contribution in [3.8, 4) is 0 Å². The first kappa shape index (κ1) is 15.7. The van der Waals surface area contributed by atoms with E-state index in [0.717, 1.165) is 0 Å². The number of carbonyl (C=O) groups is 1. The third-order valence-electron chi connectivity index (χ3n) is 2.37. The van der Waals surface area contributed by atoms with E-state index in [2.05, 4.69) is 0 Å². The maximum absolute atomic E-state index is 11.5. The summed E-state index contributed by atoms with van der Waals surface area (Å²) in [5, 5.41) is 36.3. The third kappa shape index (κ3) is 3.80. The SMILES string of the molecule is CCOC1=C(OCC(O)CO)C(C(O)CO)OC1=O. The molecule has 0 saturated carbocycles. The number of ether oxygens (including phenoxy) is 3. The Kier molecular flexibility index (Phi) is 6.03. The van der Waals surface area contributed by atoms with Crippen LogP contribution in [-0.4, -0.2) is 71.1 Å². The van der Waals surface area contributed by atoms with Crippen LogP contribution in [0.3, 0.4) is 0 Å². The monoisotopic (exact) mass is 278 g/mol.